The Morgan fingerprint density at radius 3 is 1.12 bits per heavy atom. The van der Waals surface area contributed by atoms with Crippen molar-refractivity contribution < 1.29 is 28.6 Å². The van der Waals surface area contributed by atoms with E-state index in [-0.39, 0.29) is 37.5 Å². The van der Waals surface area contributed by atoms with Crippen LogP contribution in [-0.4, -0.2) is 37.2 Å². The van der Waals surface area contributed by atoms with Crippen molar-refractivity contribution >= 4 is 17.9 Å². The molecule has 0 aliphatic rings. The Labute approximate surface area is 369 Å². The summed E-state index contributed by atoms with van der Waals surface area (Å²) < 4.78 is 16.6. The molecule has 0 aliphatic heterocycles. The van der Waals surface area contributed by atoms with E-state index in [0.29, 0.717) is 19.3 Å². The van der Waals surface area contributed by atoms with Crippen molar-refractivity contribution in [3.63, 3.8) is 0 Å². The summed E-state index contributed by atoms with van der Waals surface area (Å²) in [5.74, 6) is -1.01. The molecule has 0 saturated heterocycles. The van der Waals surface area contributed by atoms with E-state index in [1.165, 1.54) is 83.5 Å². The standard InChI is InChI=1S/C54H90O6/c1-4-7-10-13-16-19-21-23-25-26-27-28-30-31-33-35-38-41-44-47-53(56)59-50-51(49-58-52(55)46-43-40-37-18-15-12-9-6-3)60-54(57)48-45-42-39-36-34-32-29-24-22-20-17-14-11-8-5-2/h7,10,16,19,23-25,27-29,31,33,38,41,51H,4-6,8-9,11-15,17-18,20-22,26,30,32,34-37,39-40,42-50H2,1-3H3/b10-7-,19-16-,25-23-,28-27-,29-24-,33-31-,41-38-. The summed E-state index contributed by atoms with van der Waals surface area (Å²) in [5.41, 5.74) is 0. The maximum absolute atomic E-state index is 12.7. The smallest absolute Gasteiger partial charge is 0.306 e. The van der Waals surface area contributed by atoms with Crippen molar-refractivity contribution in [1.82, 2.24) is 0 Å². The van der Waals surface area contributed by atoms with Gasteiger partial charge in [-0.3, -0.25) is 14.4 Å². The van der Waals surface area contributed by atoms with Gasteiger partial charge in [-0.1, -0.05) is 202 Å². The first-order chi connectivity index (χ1) is 29.5. The highest BCUT2D eigenvalue weighted by Crippen LogP contribution is 2.13. The molecule has 1 atom stereocenters. The Balaban J connectivity index is 4.45. The monoisotopic (exact) mass is 835 g/mol. The van der Waals surface area contributed by atoms with E-state index in [4.69, 9.17) is 14.2 Å². The highest BCUT2D eigenvalue weighted by molar-refractivity contribution is 5.71. The van der Waals surface area contributed by atoms with Gasteiger partial charge < -0.3 is 14.2 Å². The lowest BCUT2D eigenvalue weighted by molar-refractivity contribution is -0.166. The highest BCUT2D eigenvalue weighted by Gasteiger charge is 2.19. The number of ether oxygens (including phenoxy) is 3. The minimum Gasteiger partial charge on any atom is -0.462 e. The summed E-state index contributed by atoms with van der Waals surface area (Å²) in [6, 6.07) is 0. The van der Waals surface area contributed by atoms with E-state index in [1.807, 2.05) is 12.2 Å². The van der Waals surface area contributed by atoms with Crippen LogP contribution in [0.4, 0.5) is 0 Å². The van der Waals surface area contributed by atoms with Crippen LogP contribution in [0.5, 0.6) is 0 Å². The fourth-order valence-corrected chi connectivity index (χ4v) is 6.46. The molecule has 0 radical (unpaired) electrons. The van der Waals surface area contributed by atoms with Crippen LogP contribution in [-0.2, 0) is 28.6 Å². The molecule has 0 spiro atoms. The summed E-state index contributed by atoms with van der Waals surface area (Å²) in [6.07, 6.45) is 61.6. The zero-order valence-corrected chi connectivity index (χ0v) is 38.9. The number of esters is 3. The molecule has 0 fully saturated rings. The molecule has 342 valence electrons. The Bertz CT molecular complexity index is 1190. The van der Waals surface area contributed by atoms with E-state index < -0.39 is 6.10 Å². The van der Waals surface area contributed by atoms with Crippen LogP contribution in [0, 0.1) is 0 Å². The van der Waals surface area contributed by atoms with E-state index in [0.717, 1.165) is 89.9 Å². The minimum atomic E-state index is -0.807. The van der Waals surface area contributed by atoms with Crippen LogP contribution >= 0.6 is 0 Å². The average Bonchev–Trinajstić information content (AvgIpc) is 3.24. The van der Waals surface area contributed by atoms with Gasteiger partial charge in [0.1, 0.15) is 13.2 Å². The molecule has 6 heteroatoms. The van der Waals surface area contributed by atoms with E-state index in [1.54, 1.807) is 0 Å². The van der Waals surface area contributed by atoms with Crippen molar-refractivity contribution in [2.24, 2.45) is 0 Å². The molecule has 0 heterocycles. The number of rotatable bonds is 43. The summed E-state index contributed by atoms with van der Waals surface area (Å²) >= 11 is 0. The molecule has 0 aromatic rings. The van der Waals surface area contributed by atoms with Gasteiger partial charge in [-0.25, -0.2) is 0 Å². The third kappa shape index (κ3) is 45.7. The molecule has 60 heavy (non-hydrogen) atoms. The Kier molecular flexibility index (Phi) is 45.5. The molecular formula is C54H90O6. The molecule has 0 saturated carbocycles. The maximum atomic E-state index is 12.7. The molecule has 0 amide bonds. The summed E-state index contributed by atoms with van der Waals surface area (Å²) in [5, 5.41) is 0. The van der Waals surface area contributed by atoms with Crippen molar-refractivity contribution in [3.8, 4) is 0 Å². The zero-order valence-electron chi connectivity index (χ0n) is 38.9. The zero-order chi connectivity index (χ0) is 43.7. The third-order valence-corrected chi connectivity index (χ3v) is 10.1. The second kappa shape index (κ2) is 48.3. The first-order valence-corrected chi connectivity index (χ1v) is 24.6. The molecule has 0 rings (SSSR count). The van der Waals surface area contributed by atoms with Gasteiger partial charge in [0, 0.05) is 19.3 Å². The first kappa shape index (κ1) is 56.6. The fourth-order valence-electron chi connectivity index (χ4n) is 6.46. The Morgan fingerprint density at radius 2 is 0.683 bits per heavy atom. The van der Waals surface area contributed by atoms with Crippen LogP contribution in [0.25, 0.3) is 0 Å². The number of carbonyl (C=O) groups excluding carboxylic acids is 3. The van der Waals surface area contributed by atoms with E-state index in [9.17, 15) is 14.4 Å². The largest absolute Gasteiger partial charge is 0.462 e. The molecule has 0 aliphatic carbocycles. The number of hydrogen-bond acceptors (Lipinski definition) is 6. The van der Waals surface area contributed by atoms with Crippen LogP contribution in [0.3, 0.4) is 0 Å². The van der Waals surface area contributed by atoms with E-state index >= 15 is 0 Å². The SMILES string of the molecule is CC/C=C\C/C=C\C/C=C\C/C=C\C/C=C\C/C=C\CCC(=O)OCC(COC(=O)CCCCCCCCCC)OC(=O)CCCCCCC/C=C\CCCCCCCC. The summed E-state index contributed by atoms with van der Waals surface area (Å²) in [6.45, 7) is 6.40. The van der Waals surface area contributed by atoms with Gasteiger partial charge in [0.25, 0.3) is 0 Å². The average molecular weight is 835 g/mol. The third-order valence-electron chi connectivity index (χ3n) is 10.1. The number of unbranched alkanes of at least 4 members (excludes halogenated alkanes) is 18. The maximum Gasteiger partial charge on any atom is 0.306 e. The lowest BCUT2D eigenvalue weighted by Crippen LogP contribution is -2.30. The highest BCUT2D eigenvalue weighted by atomic mass is 16.6. The van der Waals surface area contributed by atoms with Gasteiger partial charge in [-0.15, -0.1) is 0 Å². The molecular weight excluding hydrogens is 745 g/mol. The lowest BCUT2D eigenvalue weighted by Gasteiger charge is -2.18. The summed E-state index contributed by atoms with van der Waals surface area (Å²) in [7, 11) is 0. The summed E-state index contributed by atoms with van der Waals surface area (Å²) in [4.78, 5) is 37.7. The van der Waals surface area contributed by atoms with Crippen LogP contribution in [0.2, 0.25) is 0 Å². The molecule has 0 aromatic carbocycles. The quantitative estimate of drug-likeness (QED) is 0.0263. The molecule has 0 aromatic heterocycles. The Morgan fingerprint density at radius 1 is 0.350 bits per heavy atom. The van der Waals surface area contributed by atoms with Gasteiger partial charge in [-0.05, 0) is 83.5 Å². The first-order valence-electron chi connectivity index (χ1n) is 24.6. The number of allylic oxidation sites excluding steroid dienone is 14. The Hall–Kier alpha value is -3.41. The predicted molar refractivity (Wildman–Crippen MR) is 256 cm³/mol. The number of hydrogen-bond donors (Lipinski definition) is 0. The second-order valence-corrected chi connectivity index (χ2v) is 16.0. The van der Waals surface area contributed by atoms with Crippen molar-refractivity contribution in [3.05, 3.63) is 85.1 Å². The van der Waals surface area contributed by atoms with Crippen molar-refractivity contribution in [1.29, 1.82) is 0 Å². The molecule has 6 nitrogen and oxygen atoms in total. The normalized spacial score (nSPS) is 12.8. The van der Waals surface area contributed by atoms with Crippen LogP contribution in [0.1, 0.15) is 220 Å². The van der Waals surface area contributed by atoms with Gasteiger partial charge in [0.15, 0.2) is 6.10 Å². The van der Waals surface area contributed by atoms with Gasteiger partial charge in [-0.2, -0.15) is 0 Å². The van der Waals surface area contributed by atoms with Gasteiger partial charge in [0.05, 0.1) is 0 Å². The fraction of sp³-hybridized carbons (Fsp3) is 0.685. The minimum absolute atomic E-state index is 0.103. The van der Waals surface area contributed by atoms with Gasteiger partial charge >= 0.3 is 17.9 Å². The topological polar surface area (TPSA) is 78.9 Å². The van der Waals surface area contributed by atoms with Crippen molar-refractivity contribution in [2.45, 2.75) is 226 Å². The molecule has 0 N–H and O–H groups in total. The van der Waals surface area contributed by atoms with Crippen molar-refractivity contribution in [2.75, 3.05) is 13.2 Å². The van der Waals surface area contributed by atoms with E-state index in [2.05, 4.69) is 93.7 Å². The predicted octanol–water partition coefficient (Wildman–Crippen LogP) is 16.0. The molecule has 1 unspecified atom stereocenters. The van der Waals surface area contributed by atoms with Gasteiger partial charge in [0.2, 0.25) is 0 Å². The lowest BCUT2D eigenvalue weighted by atomic mass is 10.1. The number of carbonyl (C=O) groups is 3. The van der Waals surface area contributed by atoms with Crippen LogP contribution in [0.15, 0.2) is 85.1 Å². The molecule has 0 bridgehead atoms. The van der Waals surface area contributed by atoms with Crippen LogP contribution < -0.4 is 0 Å². The second-order valence-electron chi connectivity index (χ2n) is 16.0.